The molecule has 0 atom stereocenters. The highest BCUT2D eigenvalue weighted by molar-refractivity contribution is 7.89. The van der Waals surface area contributed by atoms with Crippen LogP contribution in [0.1, 0.15) is 5.56 Å². The minimum absolute atomic E-state index is 0.00163. The Kier molecular flexibility index (Phi) is 3.75. The molecule has 0 fully saturated rings. The molecule has 5 nitrogen and oxygen atoms in total. The van der Waals surface area contributed by atoms with Gasteiger partial charge in [-0.15, -0.1) is 11.3 Å². The van der Waals surface area contributed by atoms with E-state index in [1.807, 2.05) is 30.3 Å². The van der Waals surface area contributed by atoms with Gasteiger partial charge in [-0.3, -0.25) is 4.40 Å². The molecule has 0 spiro atoms. The van der Waals surface area contributed by atoms with E-state index in [1.54, 1.807) is 11.6 Å². The largest absolute Gasteiger partial charge is 0.279 e. The molecule has 0 saturated carbocycles. The molecule has 3 aromatic rings. The van der Waals surface area contributed by atoms with E-state index in [-0.39, 0.29) is 16.7 Å². The molecular weight excluding hydrogens is 330 g/mol. The van der Waals surface area contributed by atoms with Crippen LogP contribution in [0.4, 0.5) is 0 Å². The standard InChI is InChI=1S/C13H12ClN3O2S2/c1-16(9-10-5-3-2-4-6-10)21(18,19)12-11(14)15-13-17(12)7-8-20-13/h2-8H,9H2,1H3. The first kappa shape index (κ1) is 14.5. The average Bonchev–Trinajstić information content (AvgIpc) is 2.99. The van der Waals surface area contributed by atoms with Gasteiger partial charge in [0.1, 0.15) is 0 Å². The van der Waals surface area contributed by atoms with Gasteiger partial charge in [0, 0.05) is 25.2 Å². The molecule has 1 aromatic carbocycles. The minimum Gasteiger partial charge on any atom is -0.279 e. The maximum atomic E-state index is 12.7. The van der Waals surface area contributed by atoms with Crippen LogP contribution in [0.3, 0.4) is 0 Å². The van der Waals surface area contributed by atoms with E-state index in [4.69, 9.17) is 11.6 Å². The average molecular weight is 342 g/mol. The number of hydrogen-bond donors (Lipinski definition) is 0. The first-order chi connectivity index (χ1) is 10.00. The first-order valence-electron chi connectivity index (χ1n) is 6.11. The lowest BCUT2D eigenvalue weighted by atomic mass is 10.2. The van der Waals surface area contributed by atoms with Crippen LogP contribution >= 0.6 is 22.9 Å². The van der Waals surface area contributed by atoms with Crippen LogP contribution in [0.15, 0.2) is 46.9 Å². The zero-order valence-corrected chi connectivity index (χ0v) is 13.5. The van der Waals surface area contributed by atoms with Crippen molar-refractivity contribution in [1.29, 1.82) is 0 Å². The maximum Gasteiger partial charge on any atom is 0.262 e. The topological polar surface area (TPSA) is 54.7 Å². The van der Waals surface area contributed by atoms with Gasteiger partial charge in [0.25, 0.3) is 10.0 Å². The molecule has 8 heteroatoms. The molecular formula is C13H12ClN3O2S2. The zero-order chi connectivity index (χ0) is 15.0. The summed E-state index contributed by atoms with van der Waals surface area (Å²) in [5.41, 5.74) is 0.908. The van der Waals surface area contributed by atoms with Crippen molar-refractivity contribution in [2.45, 2.75) is 11.6 Å². The third-order valence-corrected chi connectivity index (χ3v) is 6.04. The van der Waals surface area contributed by atoms with Gasteiger partial charge in [0.05, 0.1) is 0 Å². The predicted molar refractivity (Wildman–Crippen MR) is 83.2 cm³/mol. The van der Waals surface area contributed by atoms with Gasteiger partial charge in [-0.1, -0.05) is 41.9 Å². The zero-order valence-electron chi connectivity index (χ0n) is 11.1. The Bertz CT molecular complexity index is 871. The highest BCUT2D eigenvalue weighted by Gasteiger charge is 2.29. The number of sulfonamides is 1. The number of halogens is 1. The molecule has 0 saturated heterocycles. The number of nitrogens with zero attached hydrogens (tertiary/aromatic N) is 3. The molecule has 0 unspecified atom stereocenters. The van der Waals surface area contributed by atoms with Crippen molar-refractivity contribution in [2.24, 2.45) is 0 Å². The highest BCUT2D eigenvalue weighted by Crippen LogP contribution is 2.28. The van der Waals surface area contributed by atoms with Crippen LogP contribution < -0.4 is 0 Å². The van der Waals surface area contributed by atoms with E-state index >= 15 is 0 Å². The molecule has 110 valence electrons. The summed E-state index contributed by atoms with van der Waals surface area (Å²) in [5.74, 6) is 0. The number of hydrogen-bond acceptors (Lipinski definition) is 4. The van der Waals surface area contributed by atoms with Crippen molar-refractivity contribution < 1.29 is 8.42 Å². The van der Waals surface area contributed by atoms with Gasteiger partial charge < -0.3 is 0 Å². The summed E-state index contributed by atoms with van der Waals surface area (Å²) in [6.07, 6.45) is 1.65. The Hall–Kier alpha value is -1.41. The van der Waals surface area contributed by atoms with E-state index in [2.05, 4.69) is 4.98 Å². The van der Waals surface area contributed by atoms with Gasteiger partial charge >= 0.3 is 0 Å². The Labute approximate surface area is 131 Å². The Balaban J connectivity index is 2.00. The normalized spacial score (nSPS) is 12.3. The molecule has 0 aliphatic carbocycles. The molecule has 0 radical (unpaired) electrons. The van der Waals surface area contributed by atoms with Crippen molar-refractivity contribution in [1.82, 2.24) is 13.7 Å². The van der Waals surface area contributed by atoms with Gasteiger partial charge in [-0.05, 0) is 5.56 Å². The number of aromatic nitrogens is 2. The van der Waals surface area contributed by atoms with Crippen LogP contribution in [0.2, 0.25) is 5.15 Å². The fourth-order valence-corrected chi connectivity index (χ4v) is 4.60. The monoisotopic (exact) mass is 341 g/mol. The Morgan fingerprint density at radius 3 is 2.76 bits per heavy atom. The summed E-state index contributed by atoms with van der Waals surface area (Å²) in [6, 6.07) is 9.40. The van der Waals surface area contributed by atoms with Crippen molar-refractivity contribution in [3.8, 4) is 0 Å². The first-order valence-corrected chi connectivity index (χ1v) is 8.81. The van der Waals surface area contributed by atoms with E-state index < -0.39 is 10.0 Å². The third-order valence-electron chi connectivity index (χ3n) is 3.08. The van der Waals surface area contributed by atoms with Crippen LogP contribution in [0.25, 0.3) is 4.96 Å². The fourth-order valence-electron chi connectivity index (χ4n) is 2.04. The maximum absolute atomic E-state index is 12.7. The number of fused-ring (bicyclic) bond motifs is 1. The SMILES string of the molecule is CN(Cc1ccccc1)S(=O)(=O)c1c(Cl)nc2sccn12. The molecule has 21 heavy (non-hydrogen) atoms. The fraction of sp³-hybridized carbons (Fsp3) is 0.154. The van der Waals surface area contributed by atoms with E-state index in [0.29, 0.717) is 4.96 Å². The quantitative estimate of drug-likeness (QED) is 0.733. The molecule has 0 amide bonds. The van der Waals surface area contributed by atoms with E-state index in [1.165, 1.54) is 27.1 Å². The van der Waals surface area contributed by atoms with Gasteiger partial charge in [0.15, 0.2) is 15.1 Å². The summed E-state index contributed by atoms with van der Waals surface area (Å²) in [5, 5.41) is 1.79. The molecule has 2 heterocycles. The predicted octanol–water partition coefficient (Wildman–Crippen LogP) is 2.87. The van der Waals surface area contributed by atoms with Gasteiger partial charge in [-0.25, -0.2) is 13.4 Å². The highest BCUT2D eigenvalue weighted by atomic mass is 35.5. The summed E-state index contributed by atoms with van der Waals surface area (Å²) in [7, 11) is -2.18. The van der Waals surface area contributed by atoms with Crippen LogP contribution in [0, 0.1) is 0 Å². The van der Waals surface area contributed by atoms with Crippen LogP contribution in [-0.2, 0) is 16.6 Å². The minimum atomic E-state index is -3.71. The molecule has 0 bridgehead atoms. The lowest BCUT2D eigenvalue weighted by Crippen LogP contribution is -2.27. The van der Waals surface area contributed by atoms with E-state index in [0.717, 1.165) is 5.56 Å². The van der Waals surface area contributed by atoms with E-state index in [9.17, 15) is 8.42 Å². The van der Waals surface area contributed by atoms with Crippen LogP contribution in [-0.4, -0.2) is 29.2 Å². The second-order valence-corrected chi connectivity index (χ2v) is 7.70. The smallest absolute Gasteiger partial charge is 0.262 e. The second kappa shape index (κ2) is 5.42. The Morgan fingerprint density at radius 1 is 1.33 bits per heavy atom. The lowest BCUT2D eigenvalue weighted by molar-refractivity contribution is 0.463. The molecule has 0 N–H and O–H groups in total. The number of imidazole rings is 1. The molecule has 0 aliphatic heterocycles. The van der Waals surface area contributed by atoms with Crippen molar-refractivity contribution in [2.75, 3.05) is 7.05 Å². The molecule has 0 aliphatic rings. The number of benzene rings is 1. The second-order valence-electron chi connectivity index (χ2n) is 4.51. The molecule has 2 aromatic heterocycles. The summed E-state index contributed by atoms with van der Waals surface area (Å²) < 4.78 is 28.2. The Morgan fingerprint density at radius 2 is 2.05 bits per heavy atom. The number of thiazole rings is 1. The van der Waals surface area contributed by atoms with Crippen molar-refractivity contribution >= 4 is 37.9 Å². The molecule has 3 rings (SSSR count). The summed E-state index contributed by atoms with van der Waals surface area (Å²) >= 11 is 7.35. The van der Waals surface area contributed by atoms with Crippen molar-refractivity contribution in [3.05, 3.63) is 52.6 Å². The lowest BCUT2D eigenvalue weighted by Gasteiger charge is -2.16. The van der Waals surface area contributed by atoms with Gasteiger partial charge in [0.2, 0.25) is 0 Å². The summed E-state index contributed by atoms with van der Waals surface area (Å²) in [4.78, 5) is 4.63. The van der Waals surface area contributed by atoms with Crippen molar-refractivity contribution in [3.63, 3.8) is 0 Å². The van der Waals surface area contributed by atoms with Gasteiger partial charge in [-0.2, -0.15) is 4.31 Å². The number of rotatable bonds is 4. The van der Waals surface area contributed by atoms with Crippen LogP contribution in [0.5, 0.6) is 0 Å². The summed E-state index contributed by atoms with van der Waals surface area (Å²) in [6.45, 7) is 0.275. The third kappa shape index (κ3) is 2.57.